The molecule has 24 heavy (non-hydrogen) atoms. The molecular formula is C18H13N3O3. The Hall–Kier alpha value is -3.59. The predicted octanol–water partition coefficient (Wildman–Crippen LogP) is 2.88. The second kappa shape index (κ2) is 6.26. The van der Waals surface area contributed by atoms with Crippen molar-refractivity contribution in [2.24, 2.45) is 0 Å². The van der Waals surface area contributed by atoms with Crippen molar-refractivity contribution >= 4 is 22.2 Å². The SMILES string of the molecule is COc1ccccc1/C(O)=C(\C#N)c1nc2ccccc2c(=O)[nH]1. The van der Waals surface area contributed by atoms with Gasteiger partial charge in [-0.2, -0.15) is 5.26 Å². The minimum Gasteiger partial charge on any atom is -0.506 e. The molecule has 118 valence electrons. The number of hydrogen-bond donors (Lipinski definition) is 2. The molecule has 0 atom stereocenters. The van der Waals surface area contributed by atoms with Crippen LogP contribution in [0.3, 0.4) is 0 Å². The highest BCUT2D eigenvalue weighted by Gasteiger charge is 2.17. The molecule has 6 nitrogen and oxygen atoms in total. The lowest BCUT2D eigenvalue weighted by Gasteiger charge is -2.09. The number of aliphatic hydroxyl groups is 1. The van der Waals surface area contributed by atoms with Crippen molar-refractivity contribution in [1.82, 2.24) is 9.97 Å². The number of para-hydroxylation sites is 2. The van der Waals surface area contributed by atoms with E-state index in [0.29, 0.717) is 22.2 Å². The number of aliphatic hydroxyl groups excluding tert-OH is 1. The van der Waals surface area contributed by atoms with Crippen molar-refractivity contribution in [3.63, 3.8) is 0 Å². The minimum absolute atomic E-state index is 0.00426. The summed E-state index contributed by atoms with van der Waals surface area (Å²) in [5.41, 5.74) is 0.266. The van der Waals surface area contributed by atoms with E-state index in [1.807, 2.05) is 6.07 Å². The van der Waals surface area contributed by atoms with Gasteiger partial charge < -0.3 is 14.8 Å². The number of methoxy groups -OCH3 is 1. The third kappa shape index (κ3) is 2.59. The van der Waals surface area contributed by atoms with E-state index < -0.39 is 0 Å². The number of nitrogens with zero attached hydrogens (tertiary/aromatic N) is 2. The van der Waals surface area contributed by atoms with Crippen LogP contribution in [0.25, 0.3) is 22.2 Å². The molecular weight excluding hydrogens is 306 g/mol. The summed E-state index contributed by atoms with van der Waals surface area (Å²) in [6, 6.07) is 15.4. The summed E-state index contributed by atoms with van der Waals surface area (Å²) in [7, 11) is 1.47. The molecule has 6 heteroatoms. The summed E-state index contributed by atoms with van der Waals surface area (Å²) in [4.78, 5) is 19.0. The molecule has 0 spiro atoms. The van der Waals surface area contributed by atoms with Gasteiger partial charge in [0.05, 0.1) is 23.6 Å². The second-order valence-corrected chi connectivity index (χ2v) is 4.97. The van der Waals surface area contributed by atoms with Gasteiger partial charge in [0.1, 0.15) is 23.2 Å². The molecule has 0 saturated heterocycles. The highest BCUT2D eigenvalue weighted by atomic mass is 16.5. The minimum atomic E-state index is -0.379. The molecule has 1 heterocycles. The smallest absolute Gasteiger partial charge is 0.259 e. The van der Waals surface area contributed by atoms with Gasteiger partial charge in [-0.15, -0.1) is 0 Å². The Morgan fingerprint density at radius 2 is 1.92 bits per heavy atom. The van der Waals surface area contributed by atoms with Crippen LogP contribution in [0, 0.1) is 11.3 Å². The molecule has 3 rings (SSSR count). The highest BCUT2D eigenvalue weighted by molar-refractivity contribution is 5.94. The number of aromatic amines is 1. The van der Waals surface area contributed by atoms with Gasteiger partial charge in [-0.1, -0.05) is 24.3 Å². The zero-order valence-electron chi connectivity index (χ0n) is 12.8. The average Bonchev–Trinajstić information content (AvgIpc) is 2.62. The van der Waals surface area contributed by atoms with E-state index in [1.165, 1.54) is 7.11 Å². The van der Waals surface area contributed by atoms with Gasteiger partial charge in [-0.3, -0.25) is 4.79 Å². The Labute approximate surface area is 137 Å². The molecule has 1 aromatic heterocycles. The molecule has 3 aromatic rings. The molecule has 0 aliphatic rings. The molecule has 0 aliphatic carbocycles. The van der Waals surface area contributed by atoms with Crippen LogP contribution < -0.4 is 10.3 Å². The lowest BCUT2D eigenvalue weighted by atomic mass is 10.1. The normalized spacial score (nSPS) is 11.7. The monoisotopic (exact) mass is 319 g/mol. The van der Waals surface area contributed by atoms with Gasteiger partial charge in [-0.25, -0.2) is 4.98 Å². The maximum absolute atomic E-state index is 12.2. The molecule has 0 amide bonds. The summed E-state index contributed by atoms with van der Waals surface area (Å²) >= 11 is 0. The number of rotatable bonds is 3. The number of ether oxygens (including phenoxy) is 1. The lowest BCUT2D eigenvalue weighted by molar-refractivity contribution is 0.408. The van der Waals surface area contributed by atoms with E-state index in [9.17, 15) is 15.2 Å². The van der Waals surface area contributed by atoms with E-state index in [0.717, 1.165) is 0 Å². The van der Waals surface area contributed by atoms with Crippen LogP contribution in [0.5, 0.6) is 5.75 Å². The number of nitriles is 1. The average molecular weight is 319 g/mol. The van der Waals surface area contributed by atoms with Crippen LogP contribution in [-0.4, -0.2) is 22.2 Å². The number of nitrogens with one attached hydrogen (secondary N) is 1. The molecule has 2 aromatic carbocycles. The Balaban J connectivity index is 2.26. The summed E-state index contributed by atoms with van der Waals surface area (Å²) in [5.74, 6) is 0.101. The van der Waals surface area contributed by atoms with Crippen molar-refractivity contribution in [3.05, 3.63) is 70.3 Å². The van der Waals surface area contributed by atoms with Crippen molar-refractivity contribution in [2.45, 2.75) is 0 Å². The number of hydrogen-bond acceptors (Lipinski definition) is 5. The first-order valence-corrected chi connectivity index (χ1v) is 7.12. The Morgan fingerprint density at radius 3 is 2.67 bits per heavy atom. The van der Waals surface area contributed by atoms with E-state index in [4.69, 9.17) is 4.74 Å². The first kappa shape index (κ1) is 15.3. The largest absolute Gasteiger partial charge is 0.506 e. The van der Waals surface area contributed by atoms with Gasteiger partial charge in [-0.05, 0) is 24.3 Å². The number of H-pyrrole nitrogens is 1. The molecule has 0 fully saturated rings. The Bertz CT molecular complexity index is 1050. The molecule has 0 bridgehead atoms. The molecule has 0 aliphatic heterocycles. The first-order chi connectivity index (χ1) is 11.7. The van der Waals surface area contributed by atoms with E-state index >= 15 is 0 Å². The maximum atomic E-state index is 12.2. The van der Waals surface area contributed by atoms with E-state index in [-0.39, 0.29) is 22.7 Å². The zero-order chi connectivity index (χ0) is 17.1. The summed E-state index contributed by atoms with van der Waals surface area (Å²) < 4.78 is 5.20. The molecule has 0 radical (unpaired) electrons. The van der Waals surface area contributed by atoms with Gasteiger partial charge in [0.2, 0.25) is 0 Å². The van der Waals surface area contributed by atoms with Crippen molar-refractivity contribution in [2.75, 3.05) is 7.11 Å². The van der Waals surface area contributed by atoms with Crippen molar-refractivity contribution in [3.8, 4) is 11.8 Å². The van der Waals surface area contributed by atoms with Crippen LogP contribution in [0.1, 0.15) is 11.4 Å². The Kier molecular flexibility index (Phi) is 4.00. The second-order valence-electron chi connectivity index (χ2n) is 4.97. The van der Waals surface area contributed by atoms with Crippen LogP contribution in [0.4, 0.5) is 0 Å². The fraction of sp³-hybridized carbons (Fsp3) is 0.0556. The summed E-state index contributed by atoms with van der Waals surface area (Å²) in [6.07, 6.45) is 0. The number of aromatic nitrogens is 2. The third-order valence-electron chi connectivity index (χ3n) is 3.56. The first-order valence-electron chi connectivity index (χ1n) is 7.12. The molecule has 2 N–H and O–H groups in total. The summed E-state index contributed by atoms with van der Waals surface area (Å²) in [5, 5.41) is 20.4. The third-order valence-corrected chi connectivity index (χ3v) is 3.56. The fourth-order valence-electron chi connectivity index (χ4n) is 2.40. The van der Waals surface area contributed by atoms with Crippen molar-refractivity contribution in [1.29, 1.82) is 5.26 Å². The van der Waals surface area contributed by atoms with Gasteiger partial charge in [0.15, 0.2) is 5.82 Å². The molecule has 0 saturated carbocycles. The highest BCUT2D eigenvalue weighted by Crippen LogP contribution is 2.28. The van der Waals surface area contributed by atoms with Crippen molar-refractivity contribution < 1.29 is 9.84 Å². The van der Waals surface area contributed by atoms with Crippen LogP contribution in [-0.2, 0) is 0 Å². The maximum Gasteiger partial charge on any atom is 0.259 e. The molecule has 0 unspecified atom stereocenters. The van der Waals surface area contributed by atoms with Gasteiger partial charge in [0.25, 0.3) is 5.56 Å². The van der Waals surface area contributed by atoms with E-state index in [1.54, 1.807) is 48.5 Å². The number of allylic oxidation sites excluding steroid dienone is 1. The fourth-order valence-corrected chi connectivity index (χ4v) is 2.40. The topological polar surface area (TPSA) is 99.0 Å². The quantitative estimate of drug-likeness (QED) is 0.571. The van der Waals surface area contributed by atoms with Gasteiger partial charge >= 0.3 is 0 Å². The number of benzene rings is 2. The Morgan fingerprint density at radius 1 is 1.21 bits per heavy atom. The van der Waals surface area contributed by atoms with Crippen LogP contribution in [0.2, 0.25) is 0 Å². The summed E-state index contributed by atoms with van der Waals surface area (Å²) in [6.45, 7) is 0. The zero-order valence-corrected chi connectivity index (χ0v) is 12.8. The number of fused-ring (bicyclic) bond motifs is 1. The predicted molar refractivity (Wildman–Crippen MR) is 90.4 cm³/mol. The van der Waals surface area contributed by atoms with Gasteiger partial charge in [0, 0.05) is 0 Å². The standard InChI is InChI=1S/C18H13N3O3/c1-24-15-9-5-3-7-12(15)16(22)13(10-19)17-20-14-8-4-2-6-11(14)18(23)21-17/h2-9,22H,1H3,(H,20,21,23)/b16-13-. The van der Waals surface area contributed by atoms with Crippen LogP contribution in [0.15, 0.2) is 53.3 Å². The van der Waals surface area contributed by atoms with Crippen LogP contribution >= 0.6 is 0 Å². The van der Waals surface area contributed by atoms with E-state index in [2.05, 4.69) is 9.97 Å². The lowest BCUT2D eigenvalue weighted by Crippen LogP contribution is -2.11.